The van der Waals surface area contributed by atoms with E-state index in [-0.39, 0.29) is 12.1 Å². The van der Waals surface area contributed by atoms with Crippen molar-refractivity contribution in [1.82, 2.24) is 15.0 Å². The van der Waals surface area contributed by atoms with E-state index in [1.165, 1.54) is 12.5 Å². The summed E-state index contributed by atoms with van der Waals surface area (Å²) in [5.41, 5.74) is 6.03. The van der Waals surface area contributed by atoms with Crippen LogP contribution in [0.3, 0.4) is 0 Å². The van der Waals surface area contributed by atoms with E-state index in [9.17, 15) is 9.59 Å². The highest BCUT2D eigenvalue weighted by Gasteiger charge is 2.12. The number of carboxylic acid groups (broad SMARTS) is 2. The Morgan fingerprint density at radius 2 is 1.92 bits per heavy atom. The number of nitrogens with one attached hydrogen (secondary N) is 1. The molecule has 3 aromatic rings. The number of hydrogen-bond acceptors (Lipinski definition) is 5. The van der Waals surface area contributed by atoms with Gasteiger partial charge < -0.3 is 20.9 Å². The second-order valence-corrected chi connectivity index (χ2v) is 4.90. The van der Waals surface area contributed by atoms with Crippen molar-refractivity contribution in [3.05, 3.63) is 60.4 Å². The molecule has 8 nitrogen and oxygen atoms in total. The minimum Gasteiger partial charge on any atom is -0.480 e. The Balaban J connectivity index is 0.000000177. The first kappa shape index (κ1) is 17.1. The summed E-state index contributed by atoms with van der Waals surface area (Å²) in [4.78, 5) is 31.4. The molecule has 0 amide bonds. The molecular formula is C16H16N4O4. The molecule has 0 spiro atoms. The van der Waals surface area contributed by atoms with Crippen LogP contribution in [0.25, 0.3) is 10.8 Å². The number of carbonyl (C=O) groups is 2. The van der Waals surface area contributed by atoms with Gasteiger partial charge in [0.1, 0.15) is 6.04 Å². The smallest absolute Gasteiger partial charge is 0.355 e. The maximum Gasteiger partial charge on any atom is 0.355 e. The molecule has 0 saturated carbocycles. The molecule has 0 bridgehead atoms. The fourth-order valence-electron chi connectivity index (χ4n) is 2.01. The van der Waals surface area contributed by atoms with E-state index in [1.807, 2.05) is 12.1 Å². The first-order valence-corrected chi connectivity index (χ1v) is 7.02. The van der Waals surface area contributed by atoms with Crippen LogP contribution in [0.2, 0.25) is 0 Å². The SMILES string of the molecule is NC(Cc1c[nH]cn1)C(=O)O.O=C(O)c1nccc2ccccc12. The zero-order chi connectivity index (χ0) is 17.5. The summed E-state index contributed by atoms with van der Waals surface area (Å²) in [6.45, 7) is 0. The zero-order valence-corrected chi connectivity index (χ0v) is 12.6. The van der Waals surface area contributed by atoms with E-state index in [0.29, 0.717) is 11.1 Å². The number of imidazole rings is 1. The molecule has 1 unspecified atom stereocenters. The highest BCUT2D eigenvalue weighted by molar-refractivity contribution is 6.01. The number of nitrogens with two attached hydrogens (primary N) is 1. The van der Waals surface area contributed by atoms with Gasteiger partial charge in [-0.1, -0.05) is 24.3 Å². The molecule has 0 fully saturated rings. The Hall–Kier alpha value is -3.26. The van der Waals surface area contributed by atoms with Crippen molar-refractivity contribution in [1.29, 1.82) is 0 Å². The third kappa shape index (κ3) is 4.37. The number of pyridine rings is 1. The quantitative estimate of drug-likeness (QED) is 0.565. The Kier molecular flexibility index (Phi) is 5.58. The number of rotatable bonds is 4. The number of nitrogens with zero attached hydrogens (tertiary/aromatic N) is 2. The van der Waals surface area contributed by atoms with Crippen molar-refractivity contribution in [2.75, 3.05) is 0 Å². The highest BCUT2D eigenvalue weighted by atomic mass is 16.4. The summed E-state index contributed by atoms with van der Waals surface area (Å²) in [6, 6.07) is 8.22. The molecule has 0 saturated heterocycles. The molecule has 0 aliphatic rings. The van der Waals surface area contributed by atoms with E-state index in [0.717, 1.165) is 5.39 Å². The van der Waals surface area contributed by atoms with Gasteiger partial charge in [0.15, 0.2) is 5.69 Å². The lowest BCUT2D eigenvalue weighted by Crippen LogP contribution is -2.32. The number of hydrogen-bond donors (Lipinski definition) is 4. The molecule has 8 heteroatoms. The molecule has 3 rings (SSSR count). The minimum absolute atomic E-state index is 0.109. The van der Waals surface area contributed by atoms with Gasteiger partial charge in [0, 0.05) is 24.2 Å². The largest absolute Gasteiger partial charge is 0.480 e. The van der Waals surface area contributed by atoms with Crippen LogP contribution in [0.4, 0.5) is 0 Å². The van der Waals surface area contributed by atoms with Crippen LogP contribution < -0.4 is 5.73 Å². The highest BCUT2D eigenvalue weighted by Crippen LogP contribution is 2.15. The average Bonchev–Trinajstić information content (AvgIpc) is 3.07. The number of carboxylic acids is 2. The number of aromatic nitrogens is 3. The molecule has 2 aromatic heterocycles. The third-order valence-corrected chi connectivity index (χ3v) is 3.18. The second kappa shape index (κ2) is 7.84. The van der Waals surface area contributed by atoms with Gasteiger partial charge in [-0.3, -0.25) is 4.79 Å². The standard InChI is InChI=1S/C10H7NO2.C6H9N3O2/c12-10(13)9-8-4-2-1-3-7(8)5-6-11-9;7-5(6(10)11)1-4-2-8-3-9-4/h1-6H,(H,12,13);2-3,5H,1,7H2,(H,8,9)(H,10,11). The maximum atomic E-state index is 10.8. The van der Waals surface area contributed by atoms with Gasteiger partial charge in [-0.05, 0) is 11.5 Å². The Morgan fingerprint density at radius 3 is 2.54 bits per heavy atom. The summed E-state index contributed by atoms with van der Waals surface area (Å²) in [5.74, 6) is -2.00. The average molecular weight is 328 g/mol. The van der Waals surface area contributed by atoms with Crippen LogP contribution in [0, 0.1) is 0 Å². The first-order chi connectivity index (χ1) is 11.5. The lowest BCUT2D eigenvalue weighted by atomic mass is 10.1. The van der Waals surface area contributed by atoms with E-state index in [2.05, 4.69) is 15.0 Å². The van der Waals surface area contributed by atoms with Crippen LogP contribution in [-0.2, 0) is 11.2 Å². The zero-order valence-electron chi connectivity index (χ0n) is 12.6. The predicted octanol–water partition coefficient (Wildman–Crippen LogP) is 1.30. The number of aliphatic carboxylic acids is 1. The van der Waals surface area contributed by atoms with Crippen LogP contribution in [0.1, 0.15) is 16.2 Å². The molecule has 0 aliphatic carbocycles. The predicted molar refractivity (Wildman–Crippen MR) is 86.6 cm³/mol. The topological polar surface area (TPSA) is 142 Å². The summed E-state index contributed by atoms with van der Waals surface area (Å²) in [7, 11) is 0. The van der Waals surface area contributed by atoms with Crippen LogP contribution in [-0.4, -0.2) is 43.1 Å². The van der Waals surface area contributed by atoms with Crippen molar-refractivity contribution in [2.45, 2.75) is 12.5 Å². The first-order valence-electron chi connectivity index (χ1n) is 7.02. The summed E-state index contributed by atoms with van der Waals surface area (Å²) < 4.78 is 0. The molecule has 1 aromatic carbocycles. The van der Waals surface area contributed by atoms with Crippen LogP contribution >= 0.6 is 0 Å². The number of fused-ring (bicyclic) bond motifs is 1. The molecule has 1 atom stereocenters. The molecule has 24 heavy (non-hydrogen) atoms. The Labute approximate surface area is 137 Å². The van der Waals surface area contributed by atoms with Gasteiger partial charge in [0.25, 0.3) is 0 Å². The minimum atomic E-state index is -1.01. The van der Waals surface area contributed by atoms with Gasteiger partial charge in [-0.25, -0.2) is 14.8 Å². The lowest BCUT2D eigenvalue weighted by molar-refractivity contribution is -0.138. The monoisotopic (exact) mass is 328 g/mol. The fourth-order valence-corrected chi connectivity index (χ4v) is 2.01. The maximum absolute atomic E-state index is 10.8. The van der Waals surface area contributed by atoms with Crippen molar-refractivity contribution < 1.29 is 19.8 Å². The molecule has 0 aliphatic heterocycles. The lowest BCUT2D eigenvalue weighted by Gasteiger charge is -2.01. The van der Waals surface area contributed by atoms with Crippen LogP contribution in [0.15, 0.2) is 49.1 Å². The molecule has 124 valence electrons. The van der Waals surface area contributed by atoms with E-state index >= 15 is 0 Å². The number of aromatic amines is 1. The van der Waals surface area contributed by atoms with Gasteiger partial charge in [0.2, 0.25) is 0 Å². The van der Waals surface area contributed by atoms with E-state index in [4.69, 9.17) is 15.9 Å². The normalized spacial score (nSPS) is 11.4. The fraction of sp³-hybridized carbons (Fsp3) is 0.125. The van der Waals surface area contributed by atoms with Gasteiger partial charge in [-0.2, -0.15) is 0 Å². The van der Waals surface area contributed by atoms with Crippen molar-refractivity contribution in [3.63, 3.8) is 0 Å². The number of benzene rings is 1. The number of H-pyrrole nitrogens is 1. The summed E-state index contributed by atoms with van der Waals surface area (Å²) >= 11 is 0. The van der Waals surface area contributed by atoms with E-state index < -0.39 is 18.0 Å². The molecule has 0 radical (unpaired) electrons. The van der Waals surface area contributed by atoms with E-state index in [1.54, 1.807) is 24.4 Å². The summed E-state index contributed by atoms with van der Waals surface area (Å²) in [6.07, 6.45) is 4.89. The third-order valence-electron chi connectivity index (χ3n) is 3.18. The van der Waals surface area contributed by atoms with Crippen LogP contribution in [0.5, 0.6) is 0 Å². The Bertz CT molecular complexity index is 828. The van der Waals surface area contributed by atoms with Gasteiger partial charge in [-0.15, -0.1) is 0 Å². The summed E-state index contributed by atoms with van der Waals surface area (Å²) in [5, 5.41) is 18.8. The van der Waals surface area contributed by atoms with Crippen molar-refractivity contribution in [2.24, 2.45) is 5.73 Å². The Morgan fingerprint density at radius 1 is 1.17 bits per heavy atom. The van der Waals surface area contributed by atoms with Crippen molar-refractivity contribution >= 4 is 22.7 Å². The van der Waals surface area contributed by atoms with Gasteiger partial charge in [0.05, 0.1) is 12.0 Å². The molecule has 2 heterocycles. The van der Waals surface area contributed by atoms with Crippen molar-refractivity contribution in [3.8, 4) is 0 Å². The molecular weight excluding hydrogens is 312 g/mol. The number of aromatic carboxylic acids is 1. The second-order valence-electron chi connectivity index (χ2n) is 4.90. The van der Waals surface area contributed by atoms with Gasteiger partial charge >= 0.3 is 11.9 Å². The molecule has 5 N–H and O–H groups in total.